The van der Waals surface area contributed by atoms with Crippen molar-refractivity contribution in [3.63, 3.8) is 0 Å². The summed E-state index contributed by atoms with van der Waals surface area (Å²) in [7, 11) is -4.54. The Balaban J connectivity index is 2.22. The molecule has 0 aliphatic heterocycles. The standard InChI is InChI=1S/C17H13N3O10S2/c1-8-4-11(32(26,27)28)5-9-6-14(31-30-29-25)16(17(22)15(8)9)19-18-12-7-10(20(23)24)2-3-13(12)21/h2-7,21-22,25H,1H3,(H,26,27,28). The lowest BCUT2D eigenvalue weighted by Crippen LogP contribution is -1.99. The van der Waals surface area contributed by atoms with Crippen molar-refractivity contribution in [2.45, 2.75) is 16.7 Å². The Hall–Kier alpha value is -3.34. The van der Waals surface area contributed by atoms with Crippen LogP contribution in [0.25, 0.3) is 10.8 Å². The lowest BCUT2D eigenvalue weighted by Gasteiger charge is -2.12. The van der Waals surface area contributed by atoms with Gasteiger partial charge in [-0.1, -0.05) is 5.04 Å². The Labute approximate surface area is 183 Å². The van der Waals surface area contributed by atoms with Gasteiger partial charge in [-0.15, -0.1) is 14.6 Å². The van der Waals surface area contributed by atoms with Gasteiger partial charge in [0.1, 0.15) is 17.1 Å². The highest BCUT2D eigenvalue weighted by molar-refractivity contribution is 7.94. The minimum Gasteiger partial charge on any atom is -0.506 e. The van der Waals surface area contributed by atoms with Gasteiger partial charge in [-0.05, 0) is 42.1 Å². The van der Waals surface area contributed by atoms with Crippen LogP contribution in [0.4, 0.5) is 17.1 Å². The van der Waals surface area contributed by atoms with Crippen molar-refractivity contribution in [1.82, 2.24) is 0 Å². The molecular weight excluding hydrogens is 470 g/mol. The Morgan fingerprint density at radius 2 is 1.84 bits per heavy atom. The molecule has 0 unspecified atom stereocenters. The maximum absolute atomic E-state index is 11.5. The van der Waals surface area contributed by atoms with E-state index < -0.39 is 31.4 Å². The predicted molar refractivity (Wildman–Crippen MR) is 110 cm³/mol. The molecule has 0 saturated carbocycles. The van der Waals surface area contributed by atoms with Crippen molar-refractivity contribution in [2.75, 3.05) is 0 Å². The summed E-state index contributed by atoms with van der Waals surface area (Å²) in [4.78, 5) is 9.80. The molecule has 3 aromatic rings. The van der Waals surface area contributed by atoms with Gasteiger partial charge in [0.2, 0.25) is 0 Å². The van der Waals surface area contributed by atoms with E-state index in [0.29, 0.717) is 12.0 Å². The molecular formula is C17H13N3O10S2. The van der Waals surface area contributed by atoms with E-state index in [1.807, 2.05) is 0 Å². The van der Waals surface area contributed by atoms with Crippen LogP contribution in [0.15, 0.2) is 56.4 Å². The van der Waals surface area contributed by atoms with Crippen LogP contribution >= 0.6 is 12.0 Å². The van der Waals surface area contributed by atoms with Gasteiger partial charge in [-0.25, -0.2) is 5.26 Å². The molecule has 15 heteroatoms. The molecule has 13 nitrogen and oxygen atoms in total. The molecule has 0 heterocycles. The number of azo groups is 1. The SMILES string of the molecule is Cc1cc(S(=O)(=O)O)cc2cc(SOOO)c(N=Nc3cc([N+](=O)[O-])ccc3O)c(O)c12. The quantitative estimate of drug-likeness (QED) is 0.0916. The minimum absolute atomic E-state index is 0.0235. The molecule has 4 N–H and O–H groups in total. The minimum atomic E-state index is -4.54. The number of hydrogen-bond donors (Lipinski definition) is 4. The second kappa shape index (κ2) is 9.03. The van der Waals surface area contributed by atoms with Crippen LogP contribution in [0, 0.1) is 17.0 Å². The van der Waals surface area contributed by atoms with E-state index >= 15 is 0 Å². The van der Waals surface area contributed by atoms with E-state index in [4.69, 9.17) is 5.26 Å². The van der Waals surface area contributed by atoms with Gasteiger partial charge >= 0.3 is 0 Å². The zero-order chi connectivity index (χ0) is 23.6. The fraction of sp³-hybridized carbons (Fsp3) is 0.0588. The second-order valence-electron chi connectivity index (χ2n) is 6.24. The third-order valence-corrected chi connectivity index (χ3v) is 5.65. The first-order chi connectivity index (χ1) is 15.0. The van der Waals surface area contributed by atoms with Crippen LogP contribution < -0.4 is 0 Å². The third kappa shape index (κ3) is 4.77. The molecule has 32 heavy (non-hydrogen) atoms. The summed E-state index contributed by atoms with van der Waals surface area (Å²) in [5, 5.41) is 51.5. The Morgan fingerprint density at radius 1 is 1.12 bits per heavy atom. The number of benzene rings is 3. The smallest absolute Gasteiger partial charge is 0.294 e. The molecule has 0 saturated heterocycles. The van der Waals surface area contributed by atoms with Gasteiger partial charge in [0, 0.05) is 17.5 Å². The number of aromatic hydroxyl groups is 2. The number of hydrogen-bond acceptors (Lipinski definition) is 12. The lowest BCUT2D eigenvalue weighted by atomic mass is 10.0. The molecule has 0 spiro atoms. The van der Waals surface area contributed by atoms with Crippen molar-refractivity contribution in [3.05, 3.63) is 52.1 Å². The van der Waals surface area contributed by atoms with Gasteiger partial charge < -0.3 is 10.2 Å². The van der Waals surface area contributed by atoms with Crippen molar-refractivity contribution in [3.8, 4) is 11.5 Å². The number of nitrogens with zero attached hydrogens (tertiary/aromatic N) is 3. The number of nitro groups is 1. The molecule has 0 aliphatic rings. The highest BCUT2D eigenvalue weighted by atomic mass is 32.2. The summed E-state index contributed by atoms with van der Waals surface area (Å²) >= 11 is 0.374. The number of aryl methyl sites for hydroxylation is 1. The van der Waals surface area contributed by atoms with Gasteiger partial charge in [-0.2, -0.15) is 8.42 Å². The topological polar surface area (TPSA) is 201 Å². The molecule has 168 valence electrons. The van der Waals surface area contributed by atoms with Crippen LogP contribution in [-0.4, -0.2) is 33.4 Å². The van der Waals surface area contributed by atoms with E-state index in [9.17, 15) is 33.3 Å². The zero-order valence-electron chi connectivity index (χ0n) is 15.9. The monoisotopic (exact) mass is 483 g/mol. The van der Waals surface area contributed by atoms with Crippen molar-refractivity contribution in [2.24, 2.45) is 10.2 Å². The summed E-state index contributed by atoms with van der Waals surface area (Å²) in [6.45, 7) is 1.48. The van der Waals surface area contributed by atoms with Crippen molar-refractivity contribution >= 4 is 50.0 Å². The number of fused-ring (bicyclic) bond motifs is 1. The average Bonchev–Trinajstić information content (AvgIpc) is 2.71. The fourth-order valence-electron chi connectivity index (χ4n) is 2.83. The highest BCUT2D eigenvalue weighted by Crippen LogP contribution is 2.46. The van der Waals surface area contributed by atoms with Gasteiger partial charge in [0.15, 0.2) is 5.75 Å². The average molecular weight is 483 g/mol. The summed E-state index contributed by atoms with van der Waals surface area (Å²) in [5.74, 6) is -0.905. The van der Waals surface area contributed by atoms with Crippen molar-refractivity contribution in [1.29, 1.82) is 0 Å². The number of nitro benzene ring substituents is 1. The first-order valence-corrected chi connectivity index (χ1v) is 10.5. The van der Waals surface area contributed by atoms with Gasteiger partial charge in [-0.3, -0.25) is 14.7 Å². The molecule has 0 atom stereocenters. The van der Waals surface area contributed by atoms with E-state index in [1.165, 1.54) is 13.0 Å². The molecule has 0 aliphatic carbocycles. The molecule has 0 amide bonds. The molecule has 3 aromatic carbocycles. The van der Waals surface area contributed by atoms with Gasteiger partial charge in [0.25, 0.3) is 15.8 Å². The zero-order valence-corrected chi connectivity index (χ0v) is 17.5. The number of phenols is 2. The molecule has 0 bridgehead atoms. The van der Waals surface area contributed by atoms with E-state index in [1.54, 1.807) is 0 Å². The van der Waals surface area contributed by atoms with Crippen LogP contribution in [0.2, 0.25) is 0 Å². The number of phenolic OH excluding ortho intramolecular Hbond substituents is 2. The van der Waals surface area contributed by atoms with Gasteiger partial charge in [0.05, 0.1) is 26.8 Å². The largest absolute Gasteiger partial charge is 0.506 e. The number of rotatable bonds is 7. The van der Waals surface area contributed by atoms with Crippen LogP contribution in [0.3, 0.4) is 0 Å². The van der Waals surface area contributed by atoms with Crippen LogP contribution in [0.1, 0.15) is 5.56 Å². The highest BCUT2D eigenvalue weighted by Gasteiger charge is 2.20. The molecule has 0 radical (unpaired) electrons. The Kier molecular flexibility index (Phi) is 6.58. The van der Waals surface area contributed by atoms with E-state index in [2.05, 4.69) is 19.6 Å². The maximum atomic E-state index is 11.5. The van der Waals surface area contributed by atoms with Crippen LogP contribution in [-0.2, 0) is 19.5 Å². The summed E-state index contributed by atoms with van der Waals surface area (Å²) in [6.07, 6.45) is 0. The van der Waals surface area contributed by atoms with Crippen LogP contribution in [0.5, 0.6) is 11.5 Å². The first kappa shape index (κ1) is 23.3. The molecule has 0 fully saturated rings. The number of non-ortho nitro benzene ring substituents is 1. The summed E-state index contributed by atoms with van der Waals surface area (Å²) in [6, 6.07) is 6.60. The van der Waals surface area contributed by atoms with E-state index in [-0.39, 0.29) is 38.3 Å². The molecule has 0 aromatic heterocycles. The normalized spacial score (nSPS) is 12.0. The summed E-state index contributed by atoms with van der Waals surface area (Å²) < 4.78 is 36.7. The predicted octanol–water partition coefficient (Wildman–Crippen LogP) is 4.56. The molecule has 3 rings (SSSR count). The maximum Gasteiger partial charge on any atom is 0.294 e. The Bertz CT molecular complexity index is 1360. The summed E-state index contributed by atoms with van der Waals surface area (Å²) in [5.41, 5.74) is -0.613. The Morgan fingerprint density at radius 3 is 2.47 bits per heavy atom. The second-order valence-corrected chi connectivity index (χ2v) is 8.41. The third-order valence-electron chi connectivity index (χ3n) is 4.20. The van der Waals surface area contributed by atoms with Crippen molar-refractivity contribution < 1.29 is 42.7 Å². The lowest BCUT2D eigenvalue weighted by molar-refractivity contribution is -0.432. The van der Waals surface area contributed by atoms with E-state index in [0.717, 1.165) is 30.3 Å². The fourth-order valence-corrected chi connectivity index (χ4v) is 3.93. The first-order valence-electron chi connectivity index (χ1n) is 8.34.